The first-order valence-corrected chi connectivity index (χ1v) is 9.54. The largest absolute Gasteiger partial charge is 0.457 e. The number of nitrogens with zero attached hydrogens (tertiary/aromatic N) is 1. The van der Waals surface area contributed by atoms with Gasteiger partial charge in [-0.1, -0.05) is 0 Å². The highest BCUT2D eigenvalue weighted by molar-refractivity contribution is 7.08. The van der Waals surface area contributed by atoms with E-state index in [4.69, 9.17) is 4.74 Å². The summed E-state index contributed by atoms with van der Waals surface area (Å²) in [6.45, 7) is 6.78. The third kappa shape index (κ3) is 5.05. The molecule has 2 aromatic rings. The van der Waals surface area contributed by atoms with Gasteiger partial charge in [-0.05, 0) is 44.7 Å². The first-order chi connectivity index (χ1) is 12.4. The van der Waals surface area contributed by atoms with Crippen molar-refractivity contribution >= 4 is 29.0 Å². The molecule has 6 nitrogen and oxygen atoms in total. The molecule has 0 bridgehead atoms. The van der Waals surface area contributed by atoms with Gasteiger partial charge < -0.3 is 14.6 Å². The van der Waals surface area contributed by atoms with Gasteiger partial charge in [0, 0.05) is 47.4 Å². The van der Waals surface area contributed by atoms with Gasteiger partial charge in [0.2, 0.25) is 5.78 Å². The van der Waals surface area contributed by atoms with Gasteiger partial charge >= 0.3 is 5.97 Å². The fourth-order valence-electron chi connectivity index (χ4n) is 2.80. The van der Waals surface area contributed by atoms with Crippen molar-refractivity contribution in [3.63, 3.8) is 0 Å². The molecule has 7 heteroatoms. The second-order valence-electron chi connectivity index (χ2n) is 5.98. The quantitative estimate of drug-likeness (QED) is 0.414. The molecule has 2 aromatic heterocycles. The third-order valence-corrected chi connectivity index (χ3v) is 4.86. The number of ketones is 1. The van der Waals surface area contributed by atoms with Crippen molar-refractivity contribution in [2.24, 2.45) is 0 Å². The number of nitrogens with one attached hydrogen (secondary N) is 1. The number of esters is 1. The number of thiophene rings is 1. The summed E-state index contributed by atoms with van der Waals surface area (Å²) >= 11 is 1.46. The van der Waals surface area contributed by atoms with Gasteiger partial charge in [0.15, 0.2) is 6.61 Å². The molecular formula is C19H24N2O4S. The Morgan fingerprint density at radius 1 is 1.27 bits per heavy atom. The van der Waals surface area contributed by atoms with Crippen molar-refractivity contribution in [1.82, 2.24) is 9.88 Å². The van der Waals surface area contributed by atoms with Crippen molar-refractivity contribution in [1.29, 1.82) is 0 Å². The predicted molar refractivity (Wildman–Crippen MR) is 101 cm³/mol. The molecule has 0 aliphatic carbocycles. The molecule has 0 radical (unpaired) electrons. The van der Waals surface area contributed by atoms with Crippen LogP contribution in [0.25, 0.3) is 0 Å². The molecule has 26 heavy (non-hydrogen) atoms. The first kappa shape index (κ1) is 19.9. The average Bonchev–Trinajstić information content (AvgIpc) is 3.24. The van der Waals surface area contributed by atoms with E-state index in [1.165, 1.54) is 11.3 Å². The van der Waals surface area contributed by atoms with Gasteiger partial charge in [-0.25, -0.2) is 0 Å². The van der Waals surface area contributed by atoms with Crippen LogP contribution in [0, 0.1) is 13.8 Å². The maximum Gasteiger partial charge on any atom is 0.306 e. The van der Waals surface area contributed by atoms with Gasteiger partial charge in [0.1, 0.15) is 0 Å². The Labute approximate surface area is 157 Å². The van der Waals surface area contributed by atoms with Gasteiger partial charge in [-0.3, -0.25) is 14.4 Å². The SMILES string of the molecule is CCn1c(C)cc(C(=O)COC(=O)CCCNC(=O)c2ccsc2)c1C. The number of amides is 1. The Morgan fingerprint density at radius 3 is 2.65 bits per heavy atom. The highest BCUT2D eigenvalue weighted by Crippen LogP contribution is 2.15. The molecular weight excluding hydrogens is 352 g/mol. The number of aryl methyl sites for hydroxylation is 1. The Hall–Kier alpha value is -2.41. The van der Waals surface area contributed by atoms with Crippen molar-refractivity contribution in [3.8, 4) is 0 Å². The average molecular weight is 376 g/mol. The van der Waals surface area contributed by atoms with E-state index in [2.05, 4.69) is 5.32 Å². The molecule has 0 aliphatic rings. The lowest BCUT2D eigenvalue weighted by Crippen LogP contribution is -2.24. The van der Waals surface area contributed by atoms with E-state index in [1.807, 2.05) is 36.8 Å². The molecule has 140 valence electrons. The second kappa shape index (κ2) is 9.33. The molecule has 2 heterocycles. The minimum atomic E-state index is -0.438. The number of carbonyl (C=O) groups excluding carboxylic acids is 3. The molecule has 0 atom stereocenters. The van der Waals surface area contributed by atoms with Crippen molar-refractivity contribution in [2.75, 3.05) is 13.2 Å². The normalized spacial score (nSPS) is 10.6. The summed E-state index contributed by atoms with van der Waals surface area (Å²) in [4.78, 5) is 35.8. The molecule has 0 spiro atoms. The lowest BCUT2D eigenvalue weighted by atomic mass is 10.1. The molecule has 0 saturated heterocycles. The van der Waals surface area contributed by atoms with Crippen molar-refractivity contribution < 1.29 is 19.1 Å². The molecule has 0 aromatic carbocycles. The highest BCUT2D eigenvalue weighted by Gasteiger charge is 2.16. The van der Waals surface area contributed by atoms with E-state index in [9.17, 15) is 14.4 Å². The van der Waals surface area contributed by atoms with Crippen LogP contribution in [0.5, 0.6) is 0 Å². The van der Waals surface area contributed by atoms with Crippen LogP contribution in [-0.2, 0) is 16.1 Å². The van der Waals surface area contributed by atoms with Gasteiger partial charge in [-0.2, -0.15) is 11.3 Å². The highest BCUT2D eigenvalue weighted by atomic mass is 32.1. The van der Waals surface area contributed by atoms with Crippen molar-refractivity contribution in [2.45, 2.75) is 40.2 Å². The zero-order chi connectivity index (χ0) is 19.1. The summed E-state index contributed by atoms with van der Waals surface area (Å²) in [5, 5.41) is 6.35. The summed E-state index contributed by atoms with van der Waals surface area (Å²) < 4.78 is 7.11. The van der Waals surface area contributed by atoms with Gasteiger partial charge in [0.05, 0.1) is 0 Å². The van der Waals surface area contributed by atoms with Crippen LogP contribution in [0.15, 0.2) is 22.9 Å². The van der Waals surface area contributed by atoms with Crippen LogP contribution in [0.2, 0.25) is 0 Å². The van der Waals surface area contributed by atoms with E-state index in [0.717, 1.165) is 17.9 Å². The van der Waals surface area contributed by atoms with Crippen LogP contribution in [0.3, 0.4) is 0 Å². The molecule has 2 rings (SSSR count). The number of hydrogen-bond donors (Lipinski definition) is 1. The van der Waals surface area contributed by atoms with Crippen LogP contribution in [0.4, 0.5) is 0 Å². The summed E-state index contributed by atoms with van der Waals surface area (Å²) in [6, 6.07) is 3.57. The zero-order valence-electron chi connectivity index (χ0n) is 15.3. The Balaban J connectivity index is 1.70. The Morgan fingerprint density at radius 2 is 2.04 bits per heavy atom. The molecule has 1 N–H and O–H groups in total. The lowest BCUT2D eigenvalue weighted by molar-refractivity contribution is -0.142. The lowest BCUT2D eigenvalue weighted by Gasteiger charge is -2.07. The number of Topliss-reactive ketones (excluding diaryl/α,β-unsaturated/α-hetero) is 1. The predicted octanol–water partition coefficient (Wildman–Crippen LogP) is 3.12. The van der Waals surface area contributed by atoms with Crippen LogP contribution >= 0.6 is 11.3 Å². The van der Waals surface area contributed by atoms with E-state index in [1.54, 1.807) is 11.4 Å². The zero-order valence-corrected chi connectivity index (χ0v) is 16.1. The monoisotopic (exact) mass is 376 g/mol. The van der Waals surface area contributed by atoms with E-state index < -0.39 is 5.97 Å². The standard InChI is InChI=1S/C19H24N2O4S/c1-4-21-13(2)10-16(14(21)3)17(22)11-25-18(23)6-5-8-20-19(24)15-7-9-26-12-15/h7,9-10,12H,4-6,8,11H2,1-3H3,(H,20,24). The second-order valence-corrected chi connectivity index (χ2v) is 6.76. The first-order valence-electron chi connectivity index (χ1n) is 8.60. The van der Waals surface area contributed by atoms with Crippen molar-refractivity contribution in [3.05, 3.63) is 45.4 Å². The topological polar surface area (TPSA) is 77.4 Å². The van der Waals surface area contributed by atoms with E-state index in [-0.39, 0.29) is 24.7 Å². The minimum Gasteiger partial charge on any atom is -0.457 e. The molecule has 0 aliphatic heterocycles. The number of ether oxygens (including phenoxy) is 1. The summed E-state index contributed by atoms with van der Waals surface area (Å²) in [5.41, 5.74) is 3.12. The third-order valence-electron chi connectivity index (χ3n) is 4.18. The molecule has 0 fully saturated rings. The van der Waals surface area contributed by atoms with Gasteiger partial charge in [0.25, 0.3) is 5.91 Å². The summed E-state index contributed by atoms with van der Waals surface area (Å²) in [7, 11) is 0. The van der Waals surface area contributed by atoms with E-state index in [0.29, 0.717) is 24.1 Å². The number of aromatic nitrogens is 1. The number of hydrogen-bond acceptors (Lipinski definition) is 5. The van der Waals surface area contributed by atoms with Crippen LogP contribution < -0.4 is 5.32 Å². The fraction of sp³-hybridized carbons (Fsp3) is 0.421. The summed E-state index contributed by atoms with van der Waals surface area (Å²) in [6.07, 6.45) is 0.623. The maximum absolute atomic E-state index is 12.3. The van der Waals surface area contributed by atoms with Gasteiger partial charge in [-0.15, -0.1) is 0 Å². The van der Waals surface area contributed by atoms with Crippen LogP contribution in [0.1, 0.15) is 51.9 Å². The van der Waals surface area contributed by atoms with Crippen LogP contribution in [-0.4, -0.2) is 35.4 Å². The maximum atomic E-state index is 12.3. The smallest absolute Gasteiger partial charge is 0.306 e. The molecule has 1 amide bonds. The number of carbonyl (C=O) groups is 3. The Kier molecular flexibility index (Phi) is 7.15. The summed E-state index contributed by atoms with van der Waals surface area (Å²) in [5.74, 6) is -0.787. The van der Waals surface area contributed by atoms with E-state index >= 15 is 0 Å². The number of rotatable bonds is 9. The fourth-order valence-corrected chi connectivity index (χ4v) is 3.43. The molecule has 0 unspecified atom stereocenters. The molecule has 0 saturated carbocycles. The minimum absolute atomic E-state index is 0.152. The Bertz CT molecular complexity index is 778.